The summed E-state index contributed by atoms with van der Waals surface area (Å²) in [6.07, 6.45) is 2.81. The first-order chi connectivity index (χ1) is 7.92. The van der Waals surface area contributed by atoms with Gasteiger partial charge in [-0.2, -0.15) is 0 Å². The molecule has 1 aliphatic rings. The zero-order valence-corrected chi connectivity index (χ0v) is 11.3. The maximum absolute atomic E-state index is 11.8. The van der Waals surface area contributed by atoms with Gasteiger partial charge < -0.3 is 15.3 Å². The molecule has 0 aromatic rings. The van der Waals surface area contributed by atoms with E-state index >= 15 is 0 Å². The number of rotatable bonds is 5. The molecule has 1 aliphatic heterocycles. The van der Waals surface area contributed by atoms with Crippen LogP contribution in [0.15, 0.2) is 0 Å². The summed E-state index contributed by atoms with van der Waals surface area (Å²) in [4.78, 5) is 14.0. The van der Waals surface area contributed by atoms with Crippen molar-refractivity contribution in [1.29, 1.82) is 0 Å². The molecule has 17 heavy (non-hydrogen) atoms. The van der Waals surface area contributed by atoms with Crippen molar-refractivity contribution in [3.63, 3.8) is 0 Å². The number of hydrogen-bond donors (Lipinski definition) is 2. The van der Waals surface area contributed by atoms with E-state index in [9.17, 15) is 9.90 Å². The van der Waals surface area contributed by atoms with E-state index in [1.54, 1.807) is 0 Å². The Morgan fingerprint density at radius 2 is 2.00 bits per heavy atom. The summed E-state index contributed by atoms with van der Waals surface area (Å²) in [6.45, 7) is 9.01. The molecule has 1 heterocycles. The molecular weight excluding hydrogens is 216 g/mol. The highest BCUT2D eigenvalue weighted by molar-refractivity contribution is 5.78. The number of carbonyl (C=O) groups is 1. The summed E-state index contributed by atoms with van der Waals surface area (Å²) < 4.78 is 0. The predicted octanol–water partition coefficient (Wildman–Crippen LogP) is 0.995. The van der Waals surface area contributed by atoms with E-state index in [2.05, 4.69) is 17.1 Å². The lowest BCUT2D eigenvalue weighted by atomic mass is 9.95. The van der Waals surface area contributed by atoms with Crippen molar-refractivity contribution in [1.82, 2.24) is 10.2 Å². The van der Waals surface area contributed by atoms with Crippen LogP contribution in [-0.4, -0.2) is 47.7 Å². The zero-order chi connectivity index (χ0) is 12.9. The molecule has 2 N–H and O–H groups in total. The molecule has 4 heteroatoms. The summed E-state index contributed by atoms with van der Waals surface area (Å²) in [5.74, 6) is 0.370. The number of nitrogens with one attached hydrogen (secondary N) is 1. The first-order valence-electron chi connectivity index (χ1n) is 6.65. The fraction of sp³-hybridized carbons (Fsp3) is 0.923. The Morgan fingerprint density at radius 1 is 1.41 bits per heavy atom. The van der Waals surface area contributed by atoms with Crippen LogP contribution in [0.2, 0.25) is 0 Å². The zero-order valence-electron chi connectivity index (χ0n) is 11.3. The van der Waals surface area contributed by atoms with Gasteiger partial charge in [-0.05, 0) is 46.2 Å². The number of hydrogen-bond acceptors (Lipinski definition) is 3. The van der Waals surface area contributed by atoms with Gasteiger partial charge in [0.1, 0.15) is 0 Å². The minimum absolute atomic E-state index is 0.166. The highest BCUT2D eigenvalue weighted by atomic mass is 16.3. The molecule has 1 amide bonds. The molecular formula is C13H26N2O2. The number of amides is 1. The topological polar surface area (TPSA) is 52.6 Å². The predicted molar refractivity (Wildman–Crippen MR) is 68.8 cm³/mol. The number of β-amino-alcohol motifs (C(OH)–C–C–N with tert-alkyl or cyclic N) is 1. The van der Waals surface area contributed by atoms with Gasteiger partial charge in [0.05, 0.1) is 5.60 Å². The molecule has 0 aliphatic carbocycles. The molecule has 1 saturated heterocycles. The third-order valence-corrected chi connectivity index (χ3v) is 3.12. The van der Waals surface area contributed by atoms with Gasteiger partial charge in [0.2, 0.25) is 5.91 Å². The minimum Gasteiger partial charge on any atom is -0.389 e. The molecule has 0 radical (unpaired) electrons. The normalized spacial score (nSPS) is 19.3. The third kappa shape index (κ3) is 5.50. The van der Waals surface area contributed by atoms with E-state index in [1.807, 2.05) is 13.8 Å². The first kappa shape index (κ1) is 14.5. The van der Waals surface area contributed by atoms with Crippen LogP contribution in [0.5, 0.6) is 0 Å². The Hall–Kier alpha value is -0.610. The molecule has 4 nitrogen and oxygen atoms in total. The van der Waals surface area contributed by atoms with E-state index < -0.39 is 5.60 Å². The Balaban J connectivity index is 2.28. The molecule has 0 spiro atoms. The van der Waals surface area contributed by atoms with Gasteiger partial charge in [-0.1, -0.05) is 6.92 Å². The van der Waals surface area contributed by atoms with Crippen molar-refractivity contribution in [2.75, 3.05) is 26.2 Å². The second kappa shape index (κ2) is 6.36. The quantitative estimate of drug-likeness (QED) is 0.756. The molecule has 0 unspecified atom stereocenters. The van der Waals surface area contributed by atoms with Gasteiger partial charge in [-0.15, -0.1) is 0 Å². The highest BCUT2D eigenvalue weighted by Crippen LogP contribution is 2.19. The molecule has 0 aromatic heterocycles. The molecule has 0 atom stereocenters. The smallest absolute Gasteiger partial charge is 0.223 e. The van der Waals surface area contributed by atoms with Crippen LogP contribution in [0, 0.1) is 5.92 Å². The Labute approximate surface area is 104 Å². The van der Waals surface area contributed by atoms with E-state index in [0.29, 0.717) is 6.54 Å². The van der Waals surface area contributed by atoms with Crippen molar-refractivity contribution >= 4 is 5.91 Å². The summed E-state index contributed by atoms with van der Waals surface area (Å²) in [5, 5.41) is 12.7. The standard InChI is InChI=1S/C13H26N2O2/c1-4-7-14-12(16)11-5-8-15(9-6-11)10-13(2,3)17/h11,17H,4-10H2,1-3H3,(H,14,16). The Bertz CT molecular complexity index is 240. The Morgan fingerprint density at radius 3 is 2.47 bits per heavy atom. The van der Waals surface area contributed by atoms with Crippen molar-refractivity contribution in [3.05, 3.63) is 0 Å². The fourth-order valence-electron chi connectivity index (χ4n) is 2.29. The lowest BCUT2D eigenvalue weighted by Gasteiger charge is -2.34. The monoisotopic (exact) mass is 242 g/mol. The highest BCUT2D eigenvalue weighted by Gasteiger charge is 2.27. The number of piperidine rings is 1. The van der Waals surface area contributed by atoms with Crippen LogP contribution in [0.3, 0.4) is 0 Å². The lowest BCUT2D eigenvalue weighted by molar-refractivity contribution is -0.126. The van der Waals surface area contributed by atoms with Gasteiger partial charge in [0.25, 0.3) is 0 Å². The van der Waals surface area contributed by atoms with Gasteiger partial charge in [-0.3, -0.25) is 4.79 Å². The average molecular weight is 242 g/mol. The average Bonchev–Trinajstić information content (AvgIpc) is 2.24. The molecule has 1 fully saturated rings. The van der Waals surface area contributed by atoms with Gasteiger partial charge in [0, 0.05) is 19.0 Å². The van der Waals surface area contributed by atoms with Crippen molar-refractivity contribution < 1.29 is 9.90 Å². The fourth-order valence-corrected chi connectivity index (χ4v) is 2.29. The molecule has 1 rings (SSSR count). The second-order valence-electron chi connectivity index (χ2n) is 5.65. The molecule has 0 saturated carbocycles. The van der Waals surface area contributed by atoms with E-state index in [0.717, 1.165) is 38.9 Å². The summed E-state index contributed by atoms with van der Waals surface area (Å²) >= 11 is 0. The maximum atomic E-state index is 11.8. The number of aliphatic hydroxyl groups is 1. The SMILES string of the molecule is CCCNC(=O)C1CCN(CC(C)(C)O)CC1. The second-order valence-corrected chi connectivity index (χ2v) is 5.65. The summed E-state index contributed by atoms with van der Waals surface area (Å²) in [5.41, 5.74) is -0.642. The largest absolute Gasteiger partial charge is 0.389 e. The molecule has 0 aromatic carbocycles. The number of carbonyl (C=O) groups excluding carboxylic acids is 1. The van der Waals surface area contributed by atoms with Crippen molar-refractivity contribution in [3.8, 4) is 0 Å². The van der Waals surface area contributed by atoms with Crippen LogP contribution in [0.1, 0.15) is 40.0 Å². The van der Waals surface area contributed by atoms with Crippen LogP contribution >= 0.6 is 0 Å². The van der Waals surface area contributed by atoms with Crippen LogP contribution in [0.4, 0.5) is 0 Å². The number of nitrogens with zero attached hydrogens (tertiary/aromatic N) is 1. The van der Waals surface area contributed by atoms with E-state index in [1.165, 1.54) is 0 Å². The summed E-state index contributed by atoms with van der Waals surface area (Å²) in [7, 11) is 0. The first-order valence-corrected chi connectivity index (χ1v) is 6.65. The van der Waals surface area contributed by atoms with Crippen LogP contribution in [-0.2, 0) is 4.79 Å². The van der Waals surface area contributed by atoms with Crippen molar-refractivity contribution in [2.24, 2.45) is 5.92 Å². The van der Waals surface area contributed by atoms with Crippen molar-refractivity contribution in [2.45, 2.75) is 45.6 Å². The molecule has 0 bridgehead atoms. The van der Waals surface area contributed by atoms with Gasteiger partial charge >= 0.3 is 0 Å². The minimum atomic E-state index is -0.642. The van der Waals surface area contributed by atoms with Gasteiger partial charge in [0.15, 0.2) is 0 Å². The van der Waals surface area contributed by atoms with Crippen LogP contribution in [0.25, 0.3) is 0 Å². The van der Waals surface area contributed by atoms with E-state index in [4.69, 9.17) is 0 Å². The maximum Gasteiger partial charge on any atom is 0.223 e. The van der Waals surface area contributed by atoms with Crippen LogP contribution < -0.4 is 5.32 Å². The lowest BCUT2D eigenvalue weighted by Crippen LogP contribution is -2.45. The number of likely N-dealkylation sites (tertiary alicyclic amines) is 1. The third-order valence-electron chi connectivity index (χ3n) is 3.12. The van der Waals surface area contributed by atoms with Gasteiger partial charge in [-0.25, -0.2) is 0 Å². The summed E-state index contributed by atoms with van der Waals surface area (Å²) in [6, 6.07) is 0. The van der Waals surface area contributed by atoms with E-state index in [-0.39, 0.29) is 11.8 Å². The molecule has 100 valence electrons. The Kier molecular flexibility index (Phi) is 5.40.